The lowest BCUT2D eigenvalue weighted by Crippen LogP contribution is -2.65. The van der Waals surface area contributed by atoms with Crippen molar-refractivity contribution in [3.05, 3.63) is 0 Å². The third-order valence-corrected chi connectivity index (χ3v) is 6.25. The number of ether oxygens (including phenoxy) is 5. The lowest BCUT2D eigenvalue weighted by molar-refractivity contribution is -0.273. The van der Waals surface area contributed by atoms with E-state index in [0.29, 0.717) is 0 Å². The van der Waals surface area contributed by atoms with E-state index in [-0.39, 0.29) is 25.2 Å². The summed E-state index contributed by atoms with van der Waals surface area (Å²) in [4.78, 5) is 0. The zero-order valence-corrected chi connectivity index (χ0v) is 16.2. The van der Waals surface area contributed by atoms with Gasteiger partial charge in [0.05, 0.1) is 19.3 Å². The first-order valence-corrected chi connectivity index (χ1v) is 10.1. The summed E-state index contributed by atoms with van der Waals surface area (Å²) in [5.74, 6) is 0. The lowest BCUT2D eigenvalue weighted by atomic mass is 9.84. The molecule has 4 rings (SSSR count). The predicted octanol–water partition coefficient (Wildman–Crippen LogP) is -5.57. The van der Waals surface area contributed by atoms with E-state index in [0.717, 1.165) is 0 Å². The van der Waals surface area contributed by atoms with Crippen molar-refractivity contribution >= 4 is 0 Å². The highest BCUT2D eigenvalue weighted by Crippen LogP contribution is 2.38. The smallest absolute Gasteiger partial charge is 0.187 e. The van der Waals surface area contributed by atoms with Crippen molar-refractivity contribution in [3.8, 4) is 0 Å². The minimum absolute atomic E-state index is 0.217. The normalized spacial score (nSPS) is 56.0. The number of aliphatic hydroxyl groups excluding tert-OH is 5. The van der Waals surface area contributed by atoms with E-state index in [1.807, 2.05) is 0 Å². The average molecular weight is 437 g/mol. The number of aliphatic hydroxyl groups is 5. The predicted molar refractivity (Wildman–Crippen MR) is 96.5 cm³/mol. The van der Waals surface area contributed by atoms with E-state index in [9.17, 15) is 25.5 Å². The number of hydrogen-bond acceptors (Lipinski definition) is 13. The molecule has 0 spiro atoms. The van der Waals surface area contributed by atoms with Crippen LogP contribution in [0.3, 0.4) is 0 Å². The summed E-state index contributed by atoms with van der Waals surface area (Å²) in [6, 6.07) is -2.01. The highest BCUT2D eigenvalue weighted by atomic mass is 16.7. The summed E-state index contributed by atoms with van der Waals surface area (Å²) in [6.07, 6.45) is -10.4. The van der Waals surface area contributed by atoms with Gasteiger partial charge in [-0.15, -0.1) is 0 Å². The molecule has 11 N–H and O–H groups in total. The molecule has 3 saturated heterocycles. The van der Waals surface area contributed by atoms with Crippen molar-refractivity contribution in [1.29, 1.82) is 0 Å². The van der Waals surface area contributed by atoms with E-state index in [1.54, 1.807) is 0 Å². The first-order valence-electron chi connectivity index (χ1n) is 10.1. The number of fused-ring (bicyclic) bond motifs is 1. The Morgan fingerprint density at radius 1 is 0.700 bits per heavy atom. The van der Waals surface area contributed by atoms with Crippen LogP contribution in [0.2, 0.25) is 0 Å². The van der Waals surface area contributed by atoms with Crippen LogP contribution in [0.25, 0.3) is 0 Å². The maximum absolute atomic E-state index is 10.9. The Labute approximate surface area is 172 Å². The maximum atomic E-state index is 10.9. The zero-order chi connectivity index (χ0) is 21.7. The Morgan fingerprint density at radius 2 is 1.27 bits per heavy atom. The van der Waals surface area contributed by atoms with Crippen molar-refractivity contribution in [3.63, 3.8) is 0 Å². The summed E-state index contributed by atoms with van der Waals surface area (Å²) in [5.41, 5.74) is 18.4. The van der Waals surface area contributed by atoms with Gasteiger partial charge in [-0.3, -0.25) is 0 Å². The molecular formula is C17H31N3O10. The Kier molecular flexibility index (Phi) is 6.64. The van der Waals surface area contributed by atoms with E-state index < -0.39 is 80.0 Å². The van der Waals surface area contributed by atoms with E-state index in [1.165, 1.54) is 0 Å². The number of epoxide rings is 1. The van der Waals surface area contributed by atoms with Gasteiger partial charge in [-0.05, 0) is 6.42 Å². The van der Waals surface area contributed by atoms with Crippen molar-refractivity contribution in [2.75, 3.05) is 13.2 Å². The third kappa shape index (κ3) is 3.99. The Morgan fingerprint density at radius 3 is 1.83 bits per heavy atom. The van der Waals surface area contributed by atoms with Crippen LogP contribution < -0.4 is 17.2 Å². The van der Waals surface area contributed by atoms with Crippen LogP contribution in [-0.4, -0.2) is 124 Å². The Bertz CT molecular complexity index is 604. The highest BCUT2D eigenvalue weighted by Gasteiger charge is 2.58. The van der Waals surface area contributed by atoms with Gasteiger partial charge < -0.3 is 66.4 Å². The number of rotatable bonds is 6. The summed E-state index contributed by atoms with van der Waals surface area (Å²) < 4.78 is 28.0. The summed E-state index contributed by atoms with van der Waals surface area (Å²) in [7, 11) is 0. The molecule has 174 valence electrons. The van der Waals surface area contributed by atoms with Crippen LogP contribution in [-0.2, 0) is 23.7 Å². The fourth-order valence-electron chi connectivity index (χ4n) is 4.44. The van der Waals surface area contributed by atoms with E-state index >= 15 is 0 Å². The Hall–Kier alpha value is -0.520. The van der Waals surface area contributed by atoms with Crippen molar-refractivity contribution in [2.45, 2.75) is 92.1 Å². The molecular weight excluding hydrogens is 406 g/mol. The van der Waals surface area contributed by atoms with Gasteiger partial charge in [0.2, 0.25) is 0 Å². The standard InChI is InChI=1S/C17H31N3O10/c18-4-1-5(19)13(30-17-10(24)9(23)6(2-21)26-17)11(25)12(4)29-16-8(20)15-14(28-15)7(3-22)27-16/h4-17,21-25H,1-3,18-20H2/t4?,5-,6-,7?,8?,9?,10+,11?,12-,13-,14-,15?,16-,17+/m1/s1. The molecule has 0 radical (unpaired) electrons. The van der Waals surface area contributed by atoms with Crippen LogP contribution >= 0.6 is 0 Å². The average Bonchev–Trinajstić information content (AvgIpc) is 3.47. The van der Waals surface area contributed by atoms with Gasteiger partial charge in [-0.1, -0.05) is 0 Å². The fourth-order valence-corrected chi connectivity index (χ4v) is 4.44. The number of hydrogen-bond donors (Lipinski definition) is 8. The second kappa shape index (κ2) is 8.78. The monoisotopic (exact) mass is 437 g/mol. The molecule has 13 nitrogen and oxygen atoms in total. The summed E-state index contributed by atoms with van der Waals surface area (Å²) in [6.45, 7) is -0.782. The zero-order valence-electron chi connectivity index (χ0n) is 16.2. The maximum Gasteiger partial charge on any atom is 0.187 e. The minimum atomic E-state index is -1.43. The molecule has 14 atom stereocenters. The largest absolute Gasteiger partial charge is 0.394 e. The van der Waals surface area contributed by atoms with Gasteiger partial charge in [0.1, 0.15) is 54.9 Å². The van der Waals surface area contributed by atoms with E-state index in [4.69, 9.17) is 40.9 Å². The summed E-state index contributed by atoms with van der Waals surface area (Å²) >= 11 is 0. The van der Waals surface area contributed by atoms with Crippen LogP contribution in [0.15, 0.2) is 0 Å². The first-order chi connectivity index (χ1) is 14.3. The molecule has 0 bridgehead atoms. The molecule has 0 aromatic heterocycles. The SMILES string of the molecule is NC1C2O[C@@H]2C(CO)O[C@@H]1O[C@@H]1C(N)C[C@@H](N)[C@@H](O[C@@H]2O[C@H](CO)C(O)[C@@H]2O)C1O. The second-order valence-corrected chi connectivity index (χ2v) is 8.33. The quantitative estimate of drug-likeness (QED) is 0.181. The molecule has 3 aliphatic heterocycles. The van der Waals surface area contributed by atoms with Crippen LogP contribution in [0.5, 0.6) is 0 Å². The van der Waals surface area contributed by atoms with Gasteiger partial charge in [0.25, 0.3) is 0 Å². The molecule has 4 fully saturated rings. The van der Waals surface area contributed by atoms with Crippen LogP contribution in [0.1, 0.15) is 6.42 Å². The van der Waals surface area contributed by atoms with Crippen LogP contribution in [0, 0.1) is 0 Å². The molecule has 4 aliphatic rings. The molecule has 0 amide bonds. The second-order valence-electron chi connectivity index (χ2n) is 8.33. The van der Waals surface area contributed by atoms with Gasteiger partial charge in [-0.2, -0.15) is 0 Å². The molecule has 3 heterocycles. The van der Waals surface area contributed by atoms with Gasteiger partial charge >= 0.3 is 0 Å². The van der Waals surface area contributed by atoms with Gasteiger partial charge in [-0.25, -0.2) is 0 Å². The fraction of sp³-hybridized carbons (Fsp3) is 1.00. The van der Waals surface area contributed by atoms with Crippen LogP contribution in [0.4, 0.5) is 0 Å². The molecule has 30 heavy (non-hydrogen) atoms. The lowest BCUT2D eigenvalue weighted by Gasteiger charge is -2.44. The third-order valence-electron chi connectivity index (χ3n) is 6.25. The molecule has 6 unspecified atom stereocenters. The molecule has 13 heteroatoms. The van der Waals surface area contributed by atoms with E-state index in [2.05, 4.69) is 0 Å². The van der Waals surface area contributed by atoms with Gasteiger partial charge in [0, 0.05) is 12.1 Å². The molecule has 1 saturated carbocycles. The van der Waals surface area contributed by atoms with Crippen molar-refractivity contribution in [1.82, 2.24) is 0 Å². The first kappa shape index (κ1) is 22.7. The van der Waals surface area contributed by atoms with Gasteiger partial charge in [0.15, 0.2) is 12.6 Å². The Balaban J connectivity index is 1.43. The number of nitrogens with two attached hydrogens (primary N) is 3. The molecule has 0 aromatic rings. The topological polar surface area (TPSA) is 229 Å². The van der Waals surface area contributed by atoms with Crippen molar-refractivity contribution in [2.24, 2.45) is 17.2 Å². The van der Waals surface area contributed by atoms with Crippen molar-refractivity contribution < 1.29 is 49.2 Å². The summed E-state index contributed by atoms with van der Waals surface area (Å²) in [5, 5.41) is 49.5. The highest BCUT2D eigenvalue weighted by molar-refractivity contribution is 5.05. The molecule has 1 aliphatic carbocycles. The molecule has 0 aromatic carbocycles. The minimum Gasteiger partial charge on any atom is -0.394 e.